The fourth-order valence-corrected chi connectivity index (χ4v) is 3.82. The second kappa shape index (κ2) is 10.1. The van der Waals surface area contributed by atoms with E-state index in [-0.39, 0.29) is 25.5 Å². The van der Waals surface area contributed by atoms with E-state index in [1.54, 1.807) is 0 Å². The third-order valence-electron chi connectivity index (χ3n) is 5.33. The van der Waals surface area contributed by atoms with Gasteiger partial charge in [-0.2, -0.15) is 0 Å². The molecule has 0 bridgehead atoms. The highest BCUT2D eigenvalue weighted by Gasteiger charge is 2.29. The number of benzene rings is 2. The second-order valence-electron chi connectivity index (χ2n) is 7.35. The highest BCUT2D eigenvalue weighted by atomic mass is 16.5. The molecule has 2 amide bonds. The summed E-state index contributed by atoms with van der Waals surface area (Å²) >= 11 is 0. The highest BCUT2D eigenvalue weighted by Crippen LogP contribution is 2.44. The first-order valence-corrected chi connectivity index (χ1v) is 10.0. The normalized spacial score (nSPS) is 13.1. The Hall–Kier alpha value is -3.39. The van der Waals surface area contributed by atoms with Crippen molar-refractivity contribution in [2.45, 2.75) is 18.4 Å². The van der Waals surface area contributed by atoms with Crippen LogP contribution in [0.2, 0.25) is 0 Å². The number of nitrogens with zero attached hydrogens (tertiary/aromatic N) is 1. The third-order valence-corrected chi connectivity index (χ3v) is 5.33. The Bertz CT molecular complexity index is 915. The van der Waals surface area contributed by atoms with Crippen molar-refractivity contribution >= 4 is 18.0 Å². The lowest BCUT2D eigenvalue weighted by atomic mass is 9.98. The Kier molecular flexibility index (Phi) is 7.25. The zero-order valence-corrected chi connectivity index (χ0v) is 17.5. The van der Waals surface area contributed by atoms with Gasteiger partial charge in [0.15, 0.2) is 0 Å². The molecule has 31 heavy (non-hydrogen) atoms. The summed E-state index contributed by atoms with van der Waals surface area (Å²) in [5, 5.41) is 11.4. The first-order chi connectivity index (χ1) is 14.9. The van der Waals surface area contributed by atoms with E-state index in [9.17, 15) is 14.4 Å². The summed E-state index contributed by atoms with van der Waals surface area (Å²) in [6.45, 7) is -0.0613. The van der Waals surface area contributed by atoms with Crippen LogP contribution in [0.15, 0.2) is 48.5 Å². The zero-order valence-electron chi connectivity index (χ0n) is 17.5. The molecule has 3 rings (SSSR count). The molecule has 8 heteroatoms. The standard InChI is InChI=1S/C23H26N2O6/c1-25(13-21(26)27)22(28)20(30-2)11-12-24-23(29)31-14-19-17-9-5-3-7-15(17)16-8-4-6-10-18(16)19/h3-10,19-20H,11-14H2,1-2H3,(H,24,29)(H,26,27). The number of alkyl carbamates (subject to hydrolysis) is 1. The van der Waals surface area contributed by atoms with E-state index in [0.717, 1.165) is 27.2 Å². The molecule has 1 atom stereocenters. The molecule has 0 aliphatic heterocycles. The lowest BCUT2D eigenvalue weighted by Gasteiger charge is -2.21. The number of methoxy groups -OCH3 is 1. The smallest absolute Gasteiger partial charge is 0.407 e. The Labute approximate surface area is 180 Å². The zero-order chi connectivity index (χ0) is 22.4. The topological polar surface area (TPSA) is 105 Å². The molecule has 0 spiro atoms. The van der Waals surface area contributed by atoms with Gasteiger partial charge in [0.2, 0.25) is 0 Å². The molecule has 0 fully saturated rings. The summed E-state index contributed by atoms with van der Waals surface area (Å²) in [5.41, 5.74) is 4.56. The molecule has 164 valence electrons. The van der Waals surface area contributed by atoms with E-state index in [0.29, 0.717) is 0 Å². The fraction of sp³-hybridized carbons (Fsp3) is 0.348. The van der Waals surface area contributed by atoms with Gasteiger partial charge in [-0.25, -0.2) is 4.79 Å². The van der Waals surface area contributed by atoms with Crippen LogP contribution in [0.1, 0.15) is 23.5 Å². The van der Waals surface area contributed by atoms with Gasteiger partial charge in [0.05, 0.1) is 0 Å². The number of carbonyl (C=O) groups excluding carboxylic acids is 2. The summed E-state index contributed by atoms with van der Waals surface area (Å²) in [4.78, 5) is 36.2. The Balaban J connectivity index is 1.51. The van der Waals surface area contributed by atoms with Crippen LogP contribution >= 0.6 is 0 Å². The number of nitrogens with one attached hydrogen (secondary N) is 1. The van der Waals surface area contributed by atoms with Gasteiger partial charge in [0.25, 0.3) is 5.91 Å². The number of amides is 2. The minimum Gasteiger partial charge on any atom is -0.480 e. The van der Waals surface area contributed by atoms with E-state index in [1.807, 2.05) is 36.4 Å². The van der Waals surface area contributed by atoms with Crippen LogP contribution in [0.3, 0.4) is 0 Å². The molecular formula is C23H26N2O6. The molecule has 0 radical (unpaired) electrons. The maximum absolute atomic E-state index is 12.2. The average Bonchev–Trinajstić information content (AvgIpc) is 3.08. The Morgan fingerprint density at radius 1 is 1.06 bits per heavy atom. The number of aliphatic carboxylic acids is 1. The van der Waals surface area contributed by atoms with E-state index < -0.39 is 30.6 Å². The molecule has 1 aliphatic carbocycles. The number of hydrogen-bond donors (Lipinski definition) is 2. The van der Waals surface area contributed by atoms with Crippen molar-refractivity contribution in [1.82, 2.24) is 10.2 Å². The lowest BCUT2D eigenvalue weighted by molar-refractivity contribution is -0.148. The number of carboxylic acid groups (broad SMARTS) is 1. The number of fused-ring (bicyclic) bond motifs is 3. The molecule has 2 aromatic rings. The minimum atomic E-state index is -1.11. The van der Waals surface area contributed by atoms with Crippen LogP contribution < -0.4 is 5.32 Å². The fourth-order valence-electron chi connectivity index (χ4n) is 3.82. The average molecular weight is 426 g/mol. The van der Waals surface area contributed by atoms with Gasteiger partial charge in [0.1, 0.15) is 19.3 Å². The number of ether oxygens (including phenoxy) is 2. The molecule has 1 unspecified atom stereocenters. The van der Waals surface area contributed by atoms with Crippen LogP contribution in [0.5, 0.6) is 0 Å². The summed E-state index contributed by atoms with van der Waals surface area (Å²) in [7, 11) is 2.76. The first-order valence-electron chi connectivity index (χ1n) is 10.0. The van der Waals surface area contributed by atoms with Gasteiger partial charge in [-0.05, 0) is 22.3 Å². The van der Waals surface area contributed by atoms with Crippen molar-refractivity contribution in [3.8, 4) is 11.1 Å². The molecular weight excluding hydrogens is 400 g/mol. The summed E-state index contributed by atoms with van der Waals surface area (Å²) < 4.78 is 10.6. The van der Waals surface area contributed by atoms with E-state index >= 15 is 0 Å². The highest BCUT2D eigenvalue weighted by molar-refractivity contribution is 5.84. The summed E-state index contributed by atoms with van der Waals surface area (Å²) in [6.07, 6.45) is -1.23. The van der Waals surface area contributed by atoms with Crippen molar-refractivity contribution in [1.29, 1.82) is 0 Å². The molecule has 2 aromatic carbocycles. The number of hydrogen-bond acceptors (Lipinski definition) is 5. The number of likely N-dealkylation sites (N-methyl/N-ethyl adjacent to an activating group) is 1. The predicted molar refractivity (Wildman–Crippen MR) is 114 cm³/mol. The molecule has 0 aromatic heterocycles. The van der Waals surface area contributed by atoms with Crippen LogP contribution in [0, 0.1) is 0 Å². The second-order valence-corrected chi connectivity index (χ2v) is 7.35. The van der Waals surface area contributed by atoms with E-state index in [1.165, 1.54) is 14.2 Å². The monoisotopic (exact) mass is 426 g/mol. The Morgan fingerprint density at radius 2 is 1.65 bits per heavy atom. The number of rotatable bonds is 9. The maximum atomic E-state index is 12.2. The lowest BCUT2D eigenvalue weighted by Crippen LogP contribution is -2.42. The van der Waals surface area contributed by atoms with Crippen LogP contribution in [-0.2, 0) is 19.1 Å². The molecule has 0 saturated carbocycles. The molecule has 0 heterocycles. The number of carbonyl (C=O) groups is 3. The van der Waals surface area contributed by atoms with Crippen LogP contribution in [-0.4, -0.2) is 67.9 Å². The molecule has 0 saturated heterocycles. The van der Waals surface area contributed by atoms with Gasteiger partial charge in [-0.15, -0.1) is 0 Å². The third kappa shape index (κ3) is 5.21. The molecule has 2 N–H and O–H groups in total. The largest absolute Gasteiger partial charge is 0.480 e. The van der Waals surface area contributed by atoms with Gasteiger partial charge in [0, 0.05) is 33.0 Å². The van der Waals surface area contributed by atoms with Crippen molar-refractivity contribution < 1.29 is 29.0 Å². The number of carboxylic acids is 1. The van der Waals surface area contributed by atoms with Gasteiger partial charge < -0.3 is 24.8 Å². The van der Waals surface area contributed by atoms with Crippen LogP contribution in [0.4, 0.5) is 4.79 Å². The van der Waals surface area contributed by atoms with Crippen LogP contribution in [0.25, 0.3) is 11.1 Å². The van der Waals surface area contributed by atoms with Crippen molar-refractivity contribution in [2.24, 2.45) is 0 Å². The van der Waals surface area contributed by atoms with Crippen molar-refractivity contribution in [3.63, 3.8) is 0 Å². The van der Waals surface area contributed by atoms with Crippen molar-refractivity contribution in [3.05, 3.63) is 59.7 Å². The summed E-state index contributed by atoms with van der Waals surface area (Å²) in [5.74, 6) is -1.60. The van der Waals surface area contributed by atoms with Gasteiger partial charge in [-0.1, -0.05) is 48.5 Å². The predicted octanol–water partition coefficient (Wildman–Crippen LogP) is 2.47. The maximum Gasteiger partial charge on any atom is 0.407 e. The van der Waals surface area contributed by atoms with E-state index in [2.05, 4.69) is 17.4 Å². The van der Waals surface area contributed by atoms with Gasteiger partial charge >= 0.3 is 12.1 Å². The molecule has 8 nitrogen and oxygen atoms in total. The SMILES string of the molecule is COC(CCNC(=O)OCC1c2ccccc2-c2ccccc21)C(=O)N(C)CC(=O)O. The first kappa shape index (κ1) is 22.3. The van der Waals surface area contributed by atoms with E-state index in [4.69, 9.17) is 14.6 Å². The quantitative estimate of drug-likeness (QED) is 0.638. The summed E-state index contributed by atoms with van der Waals surface area (Å²) in [6, 6.07) is 16.2. The minimum absolute atomic E-state index is 0.0314. The van der Waals surface area contributed by atoms with Gasteiger partial charge in [-0.3, -0.25) is 9.59 Å². The Morgan fingerprint density at radius 3 is 2.19 bits per heavy atom. The molecule has 1 aliphatic rings. The van der Waals surface area contributed by atoms with Crippen molar-refractivity contribution in [2.75, 3.05) is 33.9 Å².